The minimum Gasteiger partial charge on any atom is -0.497 e. The van der Waals surface area contributed by atoms with E-state index < -0.39 is 0 Å². The number of nitrogens with zero attached hydrogens (tertiary/aromatic N) is 2. The second-order valence-corrected chi connectivity index (χ2v) is 3.94. The predicted molar refractivity (Wildman–Crippen MR) is 66.5 cm³/mol. The first-order chi connectivity index (χ1) is 8.72. The van der Waals surface area contributed by atoms with Gasteiger partial charge in [0.15, 0.2) is 0 Å². The summed E-state index contributed by atoms with van der Waals surface area (Å²) in [6.45, 7) is 0.348. The fraction of sp³-hybridized carbons (Fsp3) is 0.308. The number of hydrogen-bond donors (Lipinski definition) is 1. The molecular formula is C13H16N2O3. The van der Waals surface area contributed by atoms with E-state index in [1.165, 1.54) is 0 Å². The topological polar surface area (TPSA) is 56.5 Å². The van der Waals surface area contributed by atoms with Crippen LogP contribution in [-0.2, 0) is 20.3 Å². The van der Waals surface area contributed by atoms with Crippen LogP contribution in [0.4, 0.5) is 0 Å². The third-order valence-electron chi connectivity index (χ3n) is 2.60. The number of methoxy groups -OCH3 is 1. The summed E-state index contributed by atoms with van der Waals surface area (Å²) in [7, 11) is 3.45. The molecule has 2 rings (SSSR count). The fourth-order valence-corrected chi connectivity index (χ4v) is 1.63. The van der Waals surface area contributed by atoms with Crippen LogP contribution in [0.25, 0.3) is 0 Å². The Morgan fingerprint density at radius 2 is 2.22 bits per heavy atom. The Morgan fingerprint density at radius 1 is 1.39 bits per heavy atom. The van der Waals surface area contributed by atoms with Crippen LogP contribution in [0.2, 0.25) is 0 Å². The third-order valence-corrected chi connectivity index (χ3v) is 2.60. The van der Waals surface area contributed by atoms with E-state index in [4.69, 9.17) is 9.47 Å². The van der Waals surface area contributed by atoms with Crippen molar-refractivity contribution in [3.63, 3.8) is 0 Å². The molecule has 0 bridgehead atoms. The molecule has 0 atom stereocenters. The maximum absolute atomic E-state index is 9.25. The summed E-state index contributed by atoms with van der Waals surface area (Å²) >= 11 is 0. The lowest BCUT2D eigenvalue weighted by Gasteiger charge is -2.10. The summed E-state index contributed by atoms with van der Waals surface area (Å²) in [5, 5.41) is 13.3. The summed E-state index contributed by atoms with van der Waals surface area (Å²) in [4.78, 5) is 0. The van der Waals surface area contributed by atoms with Crippen molar-refractivity contribution in [1.29, 1.82) is 0 Å². The van der Waals surface area contributed by atoms with Gasteiger partial charge in [-0.05, 0) is 12.1 Å². The van der Waals surface area contributed by atoms with Gasteiger partial charge in [0.1, 0.15) is 18.1 Å². The van der Waals surface area contributed by atoms with Gasteiger partial charge in [0, 0.05) is 30.4 Å². The molecule has 0 aliphatic carbocycles. The van der Waals surface area contributed by atoms with Crippen molar-refractivity contribution in [1.82, 2.24) is 9.78 Å². The monoisotopic (exact) mass is 248 g/mol. The van der Waals surface area contributed by atoms with Crippen LogP contribution in [0.5, 0.6) is 11.5 Å². The molecule has 2 aromatic rings. The number of aromatic nitrogens is 2. The van der Waals surface area contributed by atoms with E-state index in [2.05, 4.69) is 5.10 Å². The fourth-order valence-electron chi connectivity index (χ4n) is 1.63. The van der Waals surface area contributed by atoms with Gasteiger partial charge < -0.3 is 14.6 Å². The SMILES string of the molecule is COc1ccc(CO)c(OCc2cnn(C)c2)c1. The van der Waals surface area contributed by atoms with Crippen molar-refractivity contribution in [2.24, 2.45) is 7.05 Å². The van der Waals surface area contributed by atoms with Crippen LogP contribution in [0.1, 0.15) is 11.1 Å². The molecule has 5 nitrogen and oxygen atoms in total. The van der Waals surface area contributed by atoms with Crippen molar-refractivity contribution in [3.8, 4) is 11.5 Å². The molecule has 0 aliphatic heterocycles. The number of benzene rings is 1. The summed E-state index contributed by atoms with van der Waals surface area (Å²) in [6.07, 6.45) is 3.64. The third kappa shape index (κ3) is 2.81. The lowest BCUT2D eigenvalue weighted by atomic mass is 10.2. The Labute approximate surface area is 106 Å². The maximum Gasteiger partial charge on any atom is 0.129 e. The van der Waals surface area contributed by atoms with Crippen molar-refractivity contribution in [3.05, 3.63) is 41.7 Å². The van der Waals surface area contributed by atoms with Crippen molar-refractivity contribution < 1.29 is 14.6 Å². The molecule has 1 heterocycles. The molecule has 1 aromatic heterocycles. The number of aliphatic hydroxyl groups excluding tert-OH is 1. The van der Waals surface area contributed by atoms with Gasteiger partial charge >= 0.3 is 0 Å². The Kier molecular flexibility index (Phi) is 3.84. The first-order valence-corrected chi connectivity index (χ1v) is 5.61. The Hall–Kier alpha value is -2.01. The number of ether oxygens (including phenoxy) is 2. The molecule has 5 heteroatoms. The highest BCUT2D eigenvalue weighted by Crippen LogP contribution is 2.25. The van der Waals surface area contributed by atoms with Gasteiger partial charge in [-0.1, -0.05) is 0 Å². The molecule has 0 fully saturated rings. The highest BCUT2D eigenvalue weighted by Gasteiger charge is 2.06. The molecule has 0 unspecified atom stereocenters. The molecular weight excluding hydrogens is 232 g/mol. The van der Waals surface area contributed by atoms with Crippen LogP contribution >= 0.6 is 0 Å². The highest BCUT2D eigenvalue weighted by molar-refractivity contribution is 5.40. The first-order valence-electron chi connectivity index (χ1n) is 5.61. The number of aliphatic hydroxyl groups is 1. The molecule has 0 radical (unpaired) electrons. The Morgan fingerprint density at radius 3 is 2.83 bits per heavy atom. The van der Waals surface area contributed by atoms with Crippen molar-refractivity contribution >= 4 is 0 Å². The van der Waals surface area contributed by atoms with Gasteiger partial charge in [0.05, 0.1) is 19.9 Å². The number of hydrogen-bond acceptors (Lipinski definition) is 4. The molecule has 0 spiro atoms. The van der Waals surface area contributed by atoms with E-state index in [1.807, 2.05) is 13.2 Å². The lowest BCUT2D eigenvalue weighted by molar-refractivity contribution is 0.258. The van der Waals surface area contributed by atoms with E-state index in [1.54, 1.807) is 36.2 Å². The number of aryl methyl sites for hydroxylation is 1. The van der Waals surface area contributed by atoms with Gasteiger partial charge in [-0.3, -0.25) is 4.68 Å². The normalized spacial score (nSPS) is 10.4. The molecule has 96 valence electrons. The average molecular weight is 248 g/mol. The van der Waals surface area contributed by atoms with Crippen molar-refractivity contribution in [2.75, 3.05) is 7.11 Å². The molecule has 0 saturated heterocycles. The summed E-state index contributed by atoms with van der Waals surface area (Å²) in [6, 6.07) is 5.35. The van der Waals surface area contributed by atoms with E-state index in [0.717, 1.165) is 11.1 Å². The van der Waals surface area contributed by atoms with Crippen LogP contribution < -0.4 is 9.47 Å². The zero-order chi connectivity index (χ0) is 13.0. The summed E-state index contributed by atoms with van der Waals surface area (Å²) in [5.41, 5.74) is 1.71. The number of rotatable bonds is 5. The molecule has 0 saturated carbocycles. The zero-order valence-corrected chi connectivity index (χ0v) is 10.5. The largest absolute Gasteiger partial charge is 0.497 e. The van der Waals surface area contributed by atoms with Crippen LogP contribution in [-0.4, -0.2) is 22.0 Å². The van der Waals surface area contributed by atoms with E-state index in [9.17, 15) is 5.11 Å². The highest BCUT2D eigenvalue weighted by atomic mass is 16.5. The van der Waals surface area contributed by atoms with Gasteiger partial charge in [-0.15, -0.1) is 0 Å². The van der Waals surface area contributed by atoms with Gasteiger partial charge in [0.25, 0.3) is 0 Å². The quantitative estimate of drug-likeness (QED) is 0.871. The van der Waals surface area contributed by atoms with Gasteiger partial charge in [0.2, 0.25) is 0 Å². The van der Waals surface area contributed by atoms with Crippen molar-refractivity contribution in [2.45, 2.75) is 13.2 Å². The molecule has 0 aliphatic rings. The van der Waals surface area contributed by atoms with E-state index in [0.29, 0.717) is 18.1 Å². The molecule has 0 amide bonds. The Bertz CT molecular complexity index is 523. The second kappa shape index (κ2) is 5.55. The molecule has 1 N–H and O–H groups in total. The zero-order valence-electron chi connectivity index (χ0n) is 10.5. The molecule has 1 aromatic carbocycles. The molecule has 18 heavy (non-hydrogen) atoms. The van der Waals surface area contributed by atoms with E-state index >= 15 is 0 Å². The smallest absolute Gasteiger partial charge is 0.129 e. The maximum atomic E-state index is 9.25. The standard InChI is InChI=1S/C13H16N2O3/c1-15-7-10(6-14-15)9-18-13-5-12(17-2)4-3-11(13)8-16/h3-7,16H,8-9H2,1-2H3. The van der Waals surface area contributed by atoms with Gasteiger partial charge in [-0.25, -0.2) is 0 Å². The minimum atomic E-state index is -0.0631. The van der Waals surface area contributed by atoms with Crippen LogP contribution in [0.15, 0.2) is 30.6 Å². The summed E-state index contributed by atoms with van der Waals surface area (Å²) in [5.74, 6) is 1.33. The van der Waals surface area contributed by atoms with E-state index in [-0.39, 0.29) is 6.61 Å². The lowest BCUT2D eigenvalue weighted by Crippen LogP contribution is -1.99. The predicted octanol–water partition coefficient (Wildman–Crippen LogP) is 1.50. The minimum absolute atomic E-state index is 0.0631. The van der Waals surface area contributed by atoms with Crippen LogP contribution in [0.3, 0.4) is 0 Å². The van der Waals surface area contributed by atoms with Crippen LogP contribution in [0, 0.1) is 0 Å². The van der Waals surface area contributed by atoms with Gasteiger partial charge in [-0.2, -0.15) is 5.10 Å². The summed E-state index contributed by atoms with van der Waals surface area (Å²) < 4.78 is 12.5. The second-order valence-electron chi connectivity index (χ2n) is 3.94. The average Bonchev–Trinajstić information content (AvgIpc) is 2.81. The first kappa shape index (κ1) is 12.4. The Balaban J connectivity index is 2.11.